The van der Waals surface area contributed by atoms with Gasteiger partial charge in [0.2, 0.25) is 5.91 Å². The molecule has 0 bridgehead atoms. The molecule has 0 aliphatic carbocycles. The van der Waals surface area contributed by atoms with E-state index in [0.29, 0.717) is 19.5 Å². The molecule has 6 rings (SSSR count). The Morgan fingerprint density at radius 1 is 0.919 bits per heavy atom. The fraction of sp³-hybridized carbons (Fsp3) is 0.562. The lowest BCUT2D eigenvalue weighted by atomic mass is 9.72. The Labute approximate surface area is 365 Å². The summed E-state index contributed by atoms with van der Waals surface area (Å²) in [5, 5.41) is 3.71. The van der Waals surface area contributed by atoms with Crippen LogP contribution in [-0.4, -0.2) is 114 Å². The molecule has 3 aliphatic heterocycles. The average molecular weight is 857 g/mol. The van der Waals surface area contributed by atoms with E-state index in [1.165, 1.54) is 27.2 Å². The van der Waals surface area contributed by atoms with Crippen molar-refractivity contribution in [1.82, 2.24) is 19.7 Å². The number of nitrogens with one attached hydrogen (secondary N) is 1. The summed E-state index contributed by atoms with van der Waals surface area (Å²) in [6, 6.07) is 14.7. The Morgan fingerprint density at radius 2 is 1.65 bits per heavy atom. The number of aromatic nitrogens is 1. The van der Waals surface area contributed by atoms with Gasteiger partial charge in [-0.15, -0.1) is 0 Å². The summed E-state index contributed by atoms with van der Waals surface area (Å²) in [5.41, 5.74) is 5.09. The van der Waals surface area contributed by atoms with Crippen LogP contribution in [0.4, 0.5) is 4.79 Å². The molecule has 4 heterocycles. The first kappa shape index (κ1) is 46.3. The Morgan fingerprint density at radius 3 is 2.32 bits per heavy atom. The Bertz CT molecular complexity index is 2100. The van der Waals surface area contributed by atoms with Gasteiger partial charge in [-0.3, -0.25) is 19.2 Å². The minimum Gasteiger partial charge on any atom is -0.463 e. The molecular weight excluding hydrogens is 793 g/mol. The summed E-state index contributed by atoms with van der Waals surface area (Å²) in [7, 11) is 0. The highest BCUT2D eigenvalue weighted by Gasteiger charge is 2.45. The normalized spacial score (nSPS) is 21.8. The van der Waals surface area contributed by atoms with Gasteiger partial charge in [-0.2, -0.15) is 0 Å². The molecule has 4 atom stereocenters. The fourth-order valence-electron chi connectivity index (χ4n) is 9.21. The van der Waals surface area contributed by atoms with Gasteiger partial charge in [-0.1, -0.05) is 48.6 Å². The lowest BCUT2D eigenvalue weighted by molar-refractivity contribution is -0.226. The predicted octanol–water partition coefficient (Wildman–Crippen LogP) is 6.89. The maximum atomic E-state index is 12.8. The summed E-state index contributed by atoms with van der Waals surface area (Å²) in [6.45, 7) is 15.7. The first-order valence-electron chi connectivity index (χ1n) is 21.9. The van der Waals surface area contributed by atoms with Crippen LogP contribution in [0.1, 0.15) is 109 Å². The molecule has 3 aliphatic rings. The van der Waals surface area contributed by atoms with Crippen molar-refractivity contribution < 1.29 is 47.7 Å². The van der Waals surface area contributed by atoms with Crippen LogP contribution < -0.4 is 5.32 Å². The van der Waals surface area contributed by atoms with Crippen molar-refractivity contribution >= 4 is 46.9 Å². The van der Waals surface area contributed by atoms with Crippen LogP contribution in [0.15, 0.2) is 54.7 Å². The number of carbonyl (C=O) groups is 5. The zero-order chi connectivity index (χ0) is 44.6. The number of nitrogens with zero attached hydrogens (tertiary/aromatic N) is 3. The maximum Gasteiger partial charge on any atom is 0.408 e. The molecule has 1 spiro atoms. The third-order valence-electron chi connectivity index (χ3n) is 12.0. The van der Waals surface area contributed by atoms with E-state index in [-0.39, 0.29) is 30.9 Å². The molecule has 14 nitrogen and oxygen atoms in total. The summed E-state index contributed by atoms with van der Waals surface area (Å²) >= 11 is 0. The zero-order valence-corrected chi connectivity index (χ0v) is 37.4. The lowest BCUT2D eigenvalue weighted by Gasteiger charge is -2.47. The second-order valence-corrected chi connectivity index (χ2v) is 18.1. The number of esters is 3. The van der Waals surface area contributed by atoms with E-state index in [2.05, 4.69) is 65.8 Å². The zero-order valence-electron chi connectivity index (χ0n) is 37.4. The van der Waals surface area contributed by atoms with Gasteiger partial charge < -0.3 is 43.4 Å². The van der Waals surface area contributed by atoms with Crippen LogP contribution in [-0.2, 0) is 49.3 Å². The summed E-state index contributed by atoms with van der Waals surface area (Å²) in [6.07, 6.45) is 8.87. The van der Waals surface area contributed by atoms with Crippen LogP contribution in [0.5, 0.6) is 0 Å². The standard InChI is InChI=1S/C48H64N4O10/c1-32-12-10-14-39-44(32)38(29-52(39)43-27-40(59-34(3)54)45(60-35(4)55)41(61-43)30-58-33(2)53)26-37-17-15-36(16-18-37)13-8-9-22-50-23-11-19-48(31-50)20-24-51(25-21-48)42(56)28-49-46(57)62-47(5,6)7/h8,10,12-18,29,40-41,43,45H,9,11,19-28,30-31H2,1-7H3,(H,49,57). The number of fused-ring (bicyclic) bond motifs is 1. The van der Waals surface area contributed by atoms with Gasteiger partial charge in [0.05, 0.1) is 5.52 Å². The van der Waals surface area contributed by atoms with Gasteiger partial charge in [0.1, 0.15) is 37.2 Å². The minimum atomic E-state index is -0.948. The van der Waals surface area contributed by atoms with E-state index in [9.17, 15) is 24.0 Å². The average Bonchev–Trinajstić information content (AvgIpc) is 3.57. The van der Waals surface area contributed by atoms with Crippen molar-refractivity contribution in [2.45, 2.75) is 124 Å². The predicted molar refractivity (Wildman–Crippen MR) is 234 cm³/mol. The van der Waals surface area contributed by atoms with Crippen LogP contribution in [0.25, 0.3) is 17.0 Å². The number of ether oxygens (including phenoxy) is 5. The van der Waals surface area contributed by atoms with Crippen molar-refractivity contribution in [3.05, 3.63) is 77.0 Å². The van der Waals surface area contributed by atoms with Crippen LogP contribution >= 0.6 is 0 Å². The van der Waals surface area contributed by atoms with E-state index in [0.717, 1.165) is 78.5 Å². The maximum absolute atomic E-state index is 12.8. The minimum absolute atomic E-state index is 0.0446. The molecule has 3 saturated heterocycles. The quantitative estimate of drug-likeness (QED) is 0.141. The van der Waals surface area contributed by atoms with Crippen LogP contribution in [0, 0.1) is 12.3 Å². The fourth-order valence-corrected chi connectivity index (χ4v) is 9.21. The topological polar surface area (TPSA) is 155 Å². The lowest BCUT2D eigenvalue weighted by Crippen LogP contribution is -2.52. The van der Waals surface area contributed by atoms with Crippen molar-refractivity contribution in [2.24, 2.45) is 5.41 Å². The second kappa shape index (κ2) is 20.3. The van der Waals surface area contributed by atoms with Crippen molar-refractivity contribution in [3.63, 3.8) is 0 Å². The number of carbonyl (C=O) groups excluding carboxylic acids is 5. The molecule has 3 aromatic rings. The summed E-state index contributed by atoms with van der Waals surface area (Å²) < 4.78 is 30.4. The summed E-state index contributed by atoms with van der Waals surface area (Å²) in [4.78, 5) is 65.3. The molecule has 1 aromatic heterocycles. The molecule has 2 amide bonds. The third-order valence-corrected chi connectivity index (χ3v) is 12.0. The number of aryl methyl sites for hydroxylation is 1. The Kier molecular flexibility index (Phi) is 15.2. The Hall–Kier alpha value is -5.21. The van der Waals surface area contributed by atoms with Gasteiger partial charge in [-0.25, -0.2) is 4.79 Å². The molecule has 0 saturated carbocycles. The van der Waals surface area contributed by atoms with Gasteiger partial charge >= 0.3 is 24.0 Å². The first-order chi connectivity index (χ1) is 29.5. The number of likely N-dealkylation sites (tertiary alicyclic amines) is 2. The second-order valence-electron chi connectivity index (χ2n) is 18.1. The van der Waals surface area contributed by atoms with E-state index in [4.69, 9.17) is 23.7 Å². The molecule has 336 valence electrons. The van der Waals surface area contributed by atoms with E-state index >= 15 is 0 Å². The van der Waals surface area contributed by atoms with Crippen molar-refractivity contribution in [1.29, 1.82) is 0 Å². The highest BCUT2D eigenvalue weighted by molar-refractivity contribution is 5.88. The van der Waals surface area contributed by atoms with Gasteiger partial charge in [0.25, 0.3) is 0 Å². The number of hydrogen-bond donors (Lipinski definition) is 1. The van der Waals surface area contributed by atoms with Crippen molar-refractivity contribution in [2.75, 3.05) is 45.9 Å². The number of piperidine rings is 2. The van der Waals surface area contributed by atoms with E-state index in [1.807, 2.05) is 21.6 Å². The largest absolute Gasteiger partial charge is 0.463 e. The number of alkyl carbamates (subject to hydrolysis) is 1. The molecule has 1 N–H and O–H groups in total. The highest BCUT2D eigenvalue weighted by Crippen LogP contribution is 2.40. The highest BCUT2D eigenvalue weighted by atomic mass is 16.6. The van der Waals surface area contributed by atoms with Crippen LogP contribution in [0.2, 0.25) is 0 Å². The molecule has 0 radical (unpaired) electrons. The monoisotopic (exact) mass is 856 g/mol. The number of rotatable bonds is 13. The first-order valence-corrected chi connectivity index (χ1v) is 21.9. The van der Waals surface area contributed by atoms with Gasteiger partial charge in [0.15, 0.2) is 6.10 Å². The van der Waals surface area contributed by atoms with Gasteiger partial charge in [-0.05, 0) is 106 Å². The molecule has 2 aromatic carbocycles. The van der Waals surface area contributed by atoms with E-state index < -0.39 is 54.1 Å². The number of amides is 2. The molecule has 3 fully saturated rings. The third kappa shape index (κ3) is 12.5. The van der Waals surface area contributed by atoms with Crippen molar-refractivity contribution in [3.8, 4) is 0 Å². The molecule has 4 unspecified atom stereocenters. The molecule has 62 heavy (non-hydrogen) atoms. The molecule has 14 heteroatoms. The molecular formula is C48H64N4O10. The van der Waals surface area contributed by atoms with E-state index in [1.54, 1.807) is 20.8 Å². The number of hydrogen-bond acceptors (Lipinski definition) is 11. The van der Waals surface area contributed by atoms with Crippen LogP contribution in [0.3, 0.4) is 0 Å². The summed E-state index contributed by atoms with van der Waals surface area (Å²) in [5.74, 6) is -1.64. The SMILES string of the molecule is CC(=O)OCC1OC(n2cc(Cc3ccc(C=CCCN4CCCC5(CCN(C(=O)CNC(=O)OC(C)(C)C)CC5)C4)cc3)c3c(C)cccc32)CC(OC(C)=O)C1OC(C)=O. The van der Waals surface area contributed by atoms with Gasteiger partial charge in [0, 0.05) is 65.0 Å². The number of benzene rings is 2. The smallest absolute Gasteiger partial charge is 0.408 e. The Balaban J connectivity index is 1.04.